The Balaban J connectivity index is 3.02. The number of hydrogen-bond acceptors (Lipinski definition) is 3. The Morgan fingerprint density at radius 2 is 1.94 bits per heavy atom. The highest BCUT2D eigenvalue weighted by atomic mass is 19.1. The van der Waals surface area contributed by atoms with E-state index < -0.39 is 17.5 Å². The molecule has 0 spiro atoms. The maximum absolute atomic E-state index is 13.4. The second-order valence-electron chi connectivity index (χ2n) is 4.45. The van der Waals surface area contributed by atoms with Crippen LogP contribution in [0.25, 0.3) is 0 Å². The zero-order valence-corrected chi connectivity index (χ0v) is 10.8. The van der Waals surface area contributed by atoms with E-state index in [-0.39, 0.29) is 0 Å². The molecule has 4 nitrogen and oxygen atoms in total. The van der Waals surface area contributed by atoms with Gasteiger partial charge in [0.2, 0.25) is 0 Å². The summed E-state index contributed by atoms with van der Waals surface area (Å²) in [7, 11) is 1.27. The van der Waals surface area contributed by atoms with Crippen LogP contribution >= 0.6 is 0 Å². The van der Waals surface area contributed by atoms with E-state index >= 15 is 0 Å². The van der Waals surface area contributed by atoms with Crippen molar-refractivity contribution in [2.24, 2.45) is 0 Å². The molecule has 1 aromatic carbocycles. The molecule has 0 heterocycles. The Hall–Kier alpha value is -1.91. The largest absolute Gasteiger partial charge is 0.465 e. The lowest BCUT2D eigenvalue weighted by Crippen LogP contribution is -2.32. The first kappa shape index (κ1) is 14.2. The van der Waals surface area contributed by atoms with E-state index in [1.54, 1.807) is 19.1 Å². The Morgan fingerprint density at radius 3 is 2.44 bits per heavy atom. The number of esters is 1. The molecule has 0 bridgehead atoms. The van der Waals surface area contributed by atoms with Crippen molar-refractivity contribution in [3.63, 3.8) is 0 Å². The number of carbonyl (C=O) groups excluding carboxylic acids is 2. The van der Waals surface area contributed by atoms with Gasteiger partial charge in [-0.3, -0.25) is 4.79 Å². The third kappa shape index (κ3) is 3.29. The number of amides is 1. The second-order valence-corrected chi connectivity index (χ2v) is 4.45. The molecule has 0 atom stereocenters. The molecule has 5 heteroatoms. The van der Waals surface area contributed by atoms with Crippen molar-refractivity contribution in [1.82, 2.24) is 0 Å². The van der Waals surface area contributed by atoms with Gasteiger partial charge in [-0.2, -0.15) is 0 Å². The lowest BCUT2D eigenvalue weighted by atomic mass is 10.1. The number of anilines is 1. The zero-order valence-electron chi connectivity index (χ0n) is 10.8. The highest BCUT2D eigenvalue weighted by molar-refractivity contribution is 5.98. The molecule has 98 valence electrons. The standard InChI is InChI=1S/C13H16FNO3/c1-8-5-6-9(11(16)18-4)7-10(8)15-12(17)13(2,3)14/h5-7H,1-4H3,(H,15,17). The minimum absolute atomic E-state index is 0.301. The highest BCUT2D eigenvalue weighted by Gasteiger charge is 2.27. The fraction of sp³-hybridized carbons (Fsp3) is 0.385. The topological polar surface area (TPSA) is 55.4 Å². The van der Waals surface area contributed by atoms with Gasteiger partial charge >= 0.3 is 5.97 Å². The van der Waals surface area contributed by atoms with E-state index in [0.717, 1.165) is 5.56 Å². The molecular formula is C13H16FNO3. The molecule has 1 N–H and O–H groups in total. The summed E-state index contributed by atoms with van der Waals surface area (Å²) < 4.78 is 18.0. The number of ether oxygens (including phenoxy) is 1. The molecule has 0 aromatic heterocycles. The minimum Gasteiger partial charge on any atom is -0.465 e. The lowest BCUT2D eigenvalue weighted by molar-refractivity contribution is -0.125. The van der Waals surface area contributed by atoms with Crippen molar-refractivity contribution in [1.29, 1.82) is 0 Å². The van der Waals surface area contributed by atoms with Crippen LogP contribution in [0, 0.1) is 6.92 Å². The fourth-order valence-corrected chi connectivity index (χ4v) is 1.27. The number of benzene rings is 1. The predicted molar refractivity (Wildman–Crippen MR) is 66.3 cm³/mol. The fourth-order valence-electron chi connectivity index (χ4n) is 1.27. The smallest absolute Gasteiger partial charge is 0.337 e. The quantitative estimate of drug-likeness (QED) is 0.842. The van der Waals surface area contributed by atoms with Crippen molar-refractivity contribution in [3.05, 3.63) is 29.3 Å². The van der Waals surface area contributed by atoms with E-state index in [2.05, 4.69) is 10.1 Å². The molecule has 0 radical (unpaired) electrons. The highest BCUT2D eigenvalue weighted by Crippen LogP contribution is 2.20. The average molecular weight is 253 g/mol. The van der Waals surface area contributed by atoms with Crippen LogP contribution in [-0.4, -0.2) is 24.7 Å². The molecule has 0 aliphatic rings. The molecule has 18 heavy (non-hydrogen) atoms. The van der Waals surface area contributed by atoms with Crippen molar-refractivity contribution >= 4 is 17.6 Å². The predicted octanol–water partition coefficient (Wildman–Crippen LogP) is 2.47. The Morgan fingerprint density at radius 1 is 1.33 bits per heavy atom. The summed E-state index contributed by atoms with van der Waals surface area (Å²) in [5.74, 6) is -1.27. The van der Waals surface area contributed by atoms with Gasteiger partial charge in [0.15, 0.2) is 5.67 Å². The van der Waals surface area contributed by atoms with Gasteiger partial charge in [-0.1, -0.05) is 6.07 Å². The minimum atomic E-state index is -1.98. The molecule has 1 rings (SSSR count). The van der Waals surface area contributed by atoms with E-state index in [9.17, 15) is 14.0 Å². The number of hydrogen-bond donors (Lipinski definition) is 1. The molecule has 0 fully saturated rings. The Labute approximate surface area is 105 Å². The number of alkyl halides is 1. The van der Waals surface area contributed by atoms with Gasteiger partial charge in [-0.15, -0.1) is 0 Å². The maximum atomic E-state index is 13.4. The van der Waals surface area contributed by atoms with Gasteiger partial charge in [0.1, 0.15) is 0 Å². The van der Waals surface area contributed by atoms with Gasteiger partial charge < -0.3 is 10.1 Å². The summed E-state index contributed by atoms with van der Waals surface area (Å²) in [6.07, 6.45) is 0. The molecule has 0 saturated carbocycles. The molecular weight excluding hydrogens is 237 g/mol. The SMILES string of the molecule is COC(=O)c1ccc(C)c(NC(=O)C(C)(C)F)c1. The van der Waals surface area contributed by atoms with Crippen LogP contribution in [0.15, 0.2) is 18.2 Å². The molecule has 1 aromatic rings. The summed E-state index contributed by atoms with van der Waals surface area (Å²) in [5.41, 5.74) is -0.544. The number of nitrogens with one attached hydrogen (secondary N) is 1. The number of carbonyl (C=O) groups is 2. The Bertz CT molecular complexity index is 478. The van der Waals surface area contributed by atoms with Crippen LogP contribution in [0.1, 0.15) is 29.8 Å². The first-order chi connectivity index (χ1) is 8.25. The zero-order chi connectivity index (χ0) is 13.9. The third-order valence-corrected chi connectivity index (χ3v) is 2.45. The van der Waals surface area contributed by atoms with Crippen molar-refractivity contribution in [3.8, 4) is 0 Å². The van der Waals surface area contributed by atoms with Gasteiger partial charge in [0.05, 0.1) is 12.7 Å². The second kappa shape index (κ2) is 5.16. The van der Waals surface area contributed by atoms with E-state index in [4.69, 9.17) is 0 Å². The van der Waals surface area contributed by atoms with Crippen LogP contribution in [0.5, 0.6) is 0 Å². The van der Waals surface area contributed by atoms with Crippen molar-refractivity contribution in [2.45, 2.75) is 26.4 Å². The summed E-state index contributed by atoms with van der Waals surface area (Å²) in [5, 5.41) is 2.45. The monoisotopic (exact) mass is 253 g/mol. The van der Waals surface area contributed by atoms with Gasteiger partial charge in [0.25, 0.3) is 5.91 Å². The first-order valence-corrected chi connectivity index (χ1v) is 5.45. The lowest BCUT2D eigenvalue weighted by Gasteiger charge is -2.16. The average Bonchev–Trinajstić information content (AvgIpc) is 2.29. The van der Waals surface area contributed by atoms with E-state index in [1.807, 2.05) is 0 Å². The molecule has 0 aliphatic carbocycles. The number of aryl methyl sites for hydroxylation is 1. The molecule has 0 unspecified atom stereocenters. The van der Waals surface area contributed by atoms with Crippen LogP contribution in [0.4, 0.5) is 10.1 Å². The maximum Gasteiger partial charge on any atom is 0.337 e. The van der Waals surface area contributed by atoms with Crippen LogP contribution in [-0.2, 0) is 9.53 Å². The van der Waals surface area contributed by atoms with Crippen molar-refractivity contribution in [2.75, 3.05) is 12.4 Å². The summed E-state index contributed by atoms with van der Waals surface area (Å²) in [6.45, 7) is 4.09. The third-order valence-electron chi connectivity index (χ3n) is 2.45. The summed E-state index contributed by atoms with van der Waals surface area (Å²) in [4.78, 5) is 22.9. The van der Waals surface area contributed by atoms with Crippen LogP contribution in [0.3, 0.4) is 0 Å². The summed E-state index contributed by atoms with van der Waals surface area (Å²) in [6, 6.07) is 4.70. The van der Waals surface area contributed by atoms with Crippen LogP contribution in [0.2, 0.25) is 0 Å². The summed E-state index contributed by atoms with van der Waals surface area (Å²) >= 11 is 0. The normalized spacial score (nSPS) is 10.9. The molecule has 0 saturated heterocycles. The molecule has 1 amide bonds. The van der Waals surface area contributed by atoms with Gasteiger partial charge in [0, 0.05) is 5.69 Å². The van der Waals surface area contributed by atoms with Crippen LogP contribution < -0.4 is 5.32 Å². The number of rotatable bonds is 3. The van der Waals surface area contributed by atoms with E-state index in [0.29, 0.717) is 11.3 Å². The molecule has 0 aliphatic heterocycles. The first-order valence-electron chi connectivity index (χ1n) is 5.45. The van der Waals surface area contributed by atoms with E-state index in [1.165, 1.54) is 27.0 Å². The van der Waals surface area contributed by atoms with Gasteiger partial charge in [-0.05, 0) is 38.5 Å². The van der Waals surface area contributed by atoms with Gasteiger partial charge in [-0.25, -0.2) is 9.18 Å². The number of halogens is 1. The number of methoxy groups -OCH3 is 1. The Kier molecular flexibility index (Phi) is 4.06. The van der Waals surface area contributed by atoms with Crippen molar-refractivity contribution < 1.29 is 18.7 Å².